The highest BCUT2D eigenvalue weighted by Crippen LogP contribution is 2.39. The smallest absolute Gasteiger partial charge is 0.258 e. The molecule has 0 saturated carbocycles. The van der Waals surface area contributed by atoms with E-state index < -0.39 is 0 Å². The summed E-state index contributed by atoms with van der Waals surface area (Å²) in [5, 5.41) is 3.43. The van der Waals surface area contributed by atoms with Crippen molar-refractivity contribution in [3.05, 3.63) is 95.8 Å². The summed E-state index contributed by atoms with van der Waals surface area (Å²) in [7, 11) is 0. The maximum Gasteiger partial charge on any atom is 0.258 e. The molecule has 0 fully saturated rings. The van der Waals surface area contributed by atoms with Crippen molar-refractivity contribution in [3.63, 3.8) is 0 Å². The quantitative estimate of drug-likeness (QED) is 0.676. The lowest BCUT2D eigenvalue weighted by Gasteiger charge is -2.40. The molecule has 0 aliphatic carbocycles. The van der Waals surface area contributed by atoms with E-state index in [0.717, 1.165) is 23.4 Å². The van der Waals surface area contributed by atoms with Gasteiger partial charge in [-0.05, 0) is 55.3 Å². The maximum absolute atomic E-state index is 13.6. The van der Waals surface area contributed by atoms with Crippen molar-refractivity contribution >= 4 is 17.3 Å². The second kappa shape index (κ2) is 7.23. The third kappa shape index (κ3) is 3.43. The molecule has 1 aliphatic heterocycles. The summed E-state index contributed by atoms with van der Waals surface area (Å²) in [5.74, 6) is -0.266. The molecule has 3 aromatic rings. The van der Waals surface area contributed by atoms with E-state index in [4.69, 9.17) is 0 Å². The summed E-state index contributed by atoms with van der Waals surface area (Å²) in [6, 6.07) is 23.8. The van der Waals surface area contributed by atoms with Crippen molar-refractivity contribution in [2.24, 2.45) is 0 Å². The molecule has 0 aromatic heterocycles. The van der Waals surface area contributed by atoms with Gasteiger partial charge in [0.25, 0.3) is 5.91 Å². The molecular weight excluding hydrogens is 339 g/mol. The summed E-state index contributed by atoms with van der Waals surface area (Å²) < 4.78 is 13.6. The average Bonchev–Trinajstić information content (AvgIpc) is 2.68. The zero-order valence-electron chi connectivity index (χ0n) is 15.1. The summed E-state index contributed by atoms with van der Waals surface area (Å²) in [6.07, 6.45) is 0.742. The van der Waals surface area contributed by atoms with Crippen LogP contribution in [0.15, 0.2) is 78.9 Å². The van der Waals surface area contributed by atoms with Crippen molar-refractivity contribution < 1.29 is 9.18 Å². The molecule has 1 heterocycles. The minimum atomic E-state index is -0.266. The minimum Gasteiger partial charge on any atom is -0.378 e. The molecule has 4 rings (SSSR count). The van der Waals surface area contributed by atoms with Gasteiger partial charge in [-0.15, -0.1) is 0 Å². The fourth-order valence-corrected chi connectivity index (χ4v) is 3.76. The van der Waals surface area contributed by atoms with Gasteiger partial charge in [0, 0.05) is 23.0 Å². The molecule has 0 spiro atoms. The van der Waals surface area contributed by atoms with Crippen LogP contribution in [0.5, 0.6) is 0 Å². The lowest BCUT2D eigenvalue weighted by molar-refractivity contribution is 0.0974. The predicted octanol–water partition coefficient (Wildman–Crippen LogP) is 5.42. The van der Waals surface area contributed by atoms with Crippen LogP contribution in [0.3, 0.4) is 0 Å². The van der Waals surface area contributed by atoms with Gasteiger partial charge >= 0.3 is 0 Å². The fraction of sp³-hybridized carbons (Fsp3) is 0.174. The number of halogens is 1. The van der Waals surface area contributed by atoms with Gasteiger partial charge in [-0.1, -0.05) is 42.5 Å². The predicted molar refractivity (Wildman–Crippen MR) is 107 cm³/mol. The highest BCUT2D eigenvalue weighted by atomic mass is 19.1. The highest BCUT2D eigenvalue weighted by Gasteiger charge is 2.34. The summed E-state index contributed by atoms with van der Waals surface area (Å²) in [6.45, 7) is 2.05. The first-order valence-electron chi connectivity index (χ1n) is 9.13. The number of amides is 1. The van der Waals surface area contributed by atoms with Crippen LogP contribution >= 0.6 is 0 Å². The second-order valence-electron chi connectivity index (χ2n) is 6.89. The number of carbonyl (C=O) groups excluding carboxylic acids is 1. The first kappa shape index (κ1) is 17.3. The Balaban J connectivity index is 1.69. The average molecular weight is 360 g/mol. The van der Waals surface area contributed by atoms with E-state index in [1.807, 2.05) is 65.6 Å². The molecule has 0 unspecified atom stereocenters. The number of benzene rings is 3. The first-order chi connectivity index (χ1) is 13.1. The van der Waals surface area contributed by atoms with E-state index in [-0.39, 0.29) is 23.8 Å². The minimum absolute atomic E-state index is 0.000226. The number of hydrogen-bond donors (Lipinski definition) is 1. The van der Waals surface area contributed by atoms with E-state index in [1.54, 1.807) is 6.07 Å². The van der Waals surface area contributed by atoms with Gasteiger partial charge in [-0.3, -0.25) is 4.79 Å². The van der Waals surface area contributed by atoms with E-state index in [1.165, 1.54) is 12.1 Å². The molecule has 136 valence electrons. The molecule has 3 nitrogen and oxygen atoms in total. The van der Waals surface area contributed by atoms with E-state index in [2.05, 4.69) is 12.2 Å². The van der Waals surface area contributed by atoms with Crippen LogP contribution in [0.4, 0.5) is 15.8 Å². The Morgan fingerprint density at radius 1 is 1.00 bits per heavy atom. The van der Waals surface area contributed by atoms with Crippen molar-refractivity contribution in [1.29, 1.82) is 0 Å². The Morgan fingerprint density at radius 2 is 1.74 bits per heavy atom. The van der Waals surface area contributed by atoms with Crippen LogP contribution in [0.2, 0.25) is 0 Å². The van der Waals surface area contributed by atoms with Gasteiger partial charge < -0.3 is 10.2 Å². The number of rotatable bonds is 3. The topological polar surface area (TPSA) is 32.3 Å². The molecule has 4 heteroatoms. The highest BCUT2D eigenvalue weighted by molar-refractivity contribution is 6.07. The van der Waals surface area contributed by atoms with Crippen LogP contribution in [0, 0.1) is 5.82 Å². The number of fused-ring (bicyclic) bond motifs is 1. The zero-order valence-corrected chi connectivity index (χ0v) is 15.1. The van der Waals surface area contributed by atoms with Gasteiger partial charge in [0.15, 0.2) is 0 Å². The summed E-state index contributed by atoms with van der Waals surface area (Å²) in [4.78, 5) is 15.0. The maximum atomic E-state index is 13.6. The molecule has 1 aliphatic rings. The molecule has 0 saturated heterocycles. The van der Waals surface area contributed by atoms with Crippen LogP contribution in [-0.4, -0.2) is 11.9 Å². The van der Waals surface area contributed by atoms with Gasteiger partial charge in [0.05, 0.1) is 6.04 Å². The van der Waals surface area contributed by atoms with E-state index >= 15 is 0 Å². The number of hydrogen-bond acceptors (Lipinski definition) is 2. The number of para-hydroxylation sites is 1. The lowest BCUT2D eigenvalue weighted by atomic mass is 9.90. The van der Waals surface area contributed by atoms with Crippen LogP contribution in [0.25, 0.3) is 0 Å². The van der Waals surface area contributed by atoms with Crippen LogP contribution in [0.1, 0.15) is 35.3 Å². The van der Waals surface area contributed by atoms with Crippen LogP contribution in [-0.2, 0) is 0 Å². The number of anilines is 2. The van der Waals surface area contributed by atoms with Gasteiger partial charge in [0.2, 0.25) is 0 Å². The SMILES string of the molecule is C[C@@H]1C[C@H](Nc2cccc(F)c2)c2ccccc2N1C(=O)c1ccccc1. The number of nitrogens with one attached hydrogen (secondary N) is 1. The Kier molecular flexibility index (Phi) is 4.63. The molecule has 1 amide bonds. The van der Waals surface area contributed by atoms with Crippen molar-refractivity contribution in [1.82, 2.24) is 0 Å². The Hall–Kier alpha value is -3.14. The lowest BCUT2D eigenvalue weighted by Crippen LogP contribution is -2.44. The zero-order chi connectivity index (χ0) is 18.8. The standard InChI is InChI=1S/C23H21FN2O/c1-16-14-21(25-19-11-7-10-18(24)15-19)20-12-5-6-13-22(20)26(16)23(27)17-8-3-2-4-9-17/h2-13,15-16,21,25H,14H2,1H3/t16-,21+/m1/s1. The summed E-state index contributed by atoms with van der Waals surface area (Å²) >= 11 is 0. The second-order valence-corrected chi connectivity index (χ2v) is 6.89. The molecular formula is C23H21FN2O. The molecule has 0 radical (unpaired) electrons. The third-order valence-electron chi connectivity index (χ3n) is 4.99. The van der Waals surface area contributed by atoms with Crippen molar-refractivity contribution in [2.75, 3.05) is 10.2 Å². The Labute approximate surface area is 158 Å². The van der Waals surface area contributed by atoms with Gasteiger partial charge in [-0.2, -0.15) is 0 Å². The largest absolute Gasteiger partial charge is 0.378 e. The molecule has 1 N–H and O–H groups in total. The number of nitrogens with zero attached hydrogens (tertiary/aromatic N) is 1. The fourth-order valence-electron chi connectivity index (χ4n) is 3.76. The first-order valence-corrected chi connectivity index (χ1v) is 9.13. The van der Waals surface area contributed by atoms with Crippen molar-refractivity contribution in [3.8, 4) is 0 Å². The summed E-state index contributed by atoms with van der Waals surface area (Å²) in [5.41, 5.74) is 3.36. The molecule has 2 atom stereocenters. The van der Waals surface area contributed by atoms with E-state index in [0.29, 0.717) is 5.56 Å². The van der Waals surface area contributed by atoms with Crippen LogP contribution < -0.4 is 10.2 Å². The third-order valence-corrected chi connectivity index (χ3v) is 4.99. The molecule has 27 heavy (non-hydrogen) atoms. The van der Waals surface area contributed by atoms with Crippen molar-refractivity contribution in [2.45, 2.75) is 25.4 Å². The molecule has 3 aromatic carbocycles. The van der Waals surface area contributed by atoms with Gasteiger partial charge in [-0.25, -0.2) is 4.39 Å². The van der Waals surface area contributed by atoms with E-state index in [9.17, 15) is 9.18 Å². The number of carbonyl (C=O) groups is 1. The monoisotopic (exact) mass is 360 g/mol. The molecule has 0 bridgehead atoms. The van der Waals surface area contributed by atoms with Gasteiger partial charge in [0.1, 0.15) is 5.82 Å². The Bertz CT molecular complexity index is 957. The normalized spacial score (nSPS) is 18.7. The Morgan fingerprint density at radius 3 is 2.52 bits per heavy atom.